The van der Waals surface area contributed by atoms with Gasteiger partial charge in [-0.2, -0.15) is 16.8 Å². The number of hydrogen-bond acceptors (Lipinski definition) is 10. The van der Waals surface area contributed by atoms with E-state index >= 15 is 0 Å². The number of nitrogens with one attached hydrogen (secondary N) is 8. The molecule has 0 spiro atoms. The van der Waals surface area contributed by atoms with E-state index in [1.54, 1.807) is 12.2 Å². The monoisotopic (exact) mass is 684 g/mol. The van der Waals surface area contributed by atoms with Gasteiger partial charge in [0.15, 0.2) is 0 Å². The Labute approximate surface area is 273 Å². The van der Waals surface area contributed by atoms with E-state index in [0.717, 1.165) is 21.5 Å². The van der Waals surface area contributed by atoms with Crippen LogP contribution in [-0.2, 0) is 20.2 Å². The first-order valence-electron chi connectivity index (χ1n) is 15.1. The molecule has 4 aromatic rings. The Kier molecular flexibility index (Phi) is 6.02. The van der Waals surface area contributed by atoms with Gasteiger partial charge in [-0.15, -0.1) is 0 Å². The van der Waals surface area contributed by atoms with Gasteiger partial charge in [0.2, 0.25) is 0 Å². The van der Waals surface area contributed by atoms with Gasteiger partial charge in [0.1, 0.15) is 47.2 Å². The SMILES string of the molecule is O=S(=O)(O)C1=CC2=C3Nc4[nH]c(c5ccccc45)NC4=C5C=C(S(=O)(=O)O)C=CC5C(N4)Nc4[nH]c(c5ccccc45)NC(N3)C2C=C1. The van der Waals surface area contributed by atoms with Crippen molar-refractivity contribution in [1.29, 1.82) is 0 Å². The van der Waals surface area contributed by atoms with Crippen molar-refractivity contribution in [2.45, 2.75) is 12.3 Å². The van der Waals surface area contributed by atoms with Crippen molar-refractivity contribution in [1.82, 2.24) is 20.6 Å². The van der Waals surface area contributed by atoms with Crippen LogP contribution in [0.2, 0.25) is 0 Å². The maximum Gasteiger partial charge on any atom is 0.294 e. The Bertz CT molecular complexity index is 2340. The molecule has 2 aliphatic carbocycles. The van der Waals surface area contributed by atoms with Gasteiger partial charge in [-0.3, -0.25) is 9.11 Å². The highest BCUT2D eigenvalue weighted by Gasteiger charge is 2.38. The second kappa shape index (κ2) is 10.0. The largest absolute Gasteiger partial charge is 0.351 e. The molecule has 2 aromatic heterocycles. The second-order valence-corrected chi connectivity index (χ2v) is 14.9. The van der Waals surface area contributed by atoms with E-state index in [-0.39, 0.29) is 21.6 Å². The van der Waals surface area contributed by atoms with Crippen molar-refractivity contribution < 1.29 is 25.9 Å². The first-order chi connectivity index (χ1) is 23.0. The van der Waals surface area contributed by atoms with E-state index in [4.69, 9.17) is 0 Å². The van der Waals surface area contributed by atoms with Crippen molar-refractivity contribution in [2.24, 2.45) is 11.8 Å². The average molecular weight is 685 g/mol. The summed E-state index contributed by atoms with van der Waals surface area (Å²) in [6.07, 6.45) is 8.38. The van der Waals surface area contributed by atoms with E-state index in [1.165, 1.54) is 24.3 Å². The summed E-state index contributed by atoms with van der Waals surface area (Å²) in [4.78, 5) is 6.45. The Morgan fingerprint density at radius 3 is 1.29 bits per heavy atom. The molecule has 244 valence electrons. The van der Waals surface area contributed by atoms with Crippen LogP contribution in [0.4, 0.5) is 23.3 Å². The lowest BCUT2D eigenvalue weighted by Crippen LogP contribution is -2.38. The molecule has 2 aromatic carbocycles. The van der Waals surface area contributed by atoms with Crippen LogP contribution in [0, 0.1) is 11.8 Å². The lowest BCUT2D eigenvalue weighted by atomic mass is 9.94. The molecule has 0 saturated heterocycles. The molecule has 14 nitrogen and oxygen atoms in total. The zero-order chi connectivity index (χ0) is 32.9. The van der Waals surface area contributed by atoms with Crippen LogP contribution in [0.25, 0.3) is 21.5 Å². The maximum absolute atomic E-state index is 12.2. The highest BCUT2D eigenvalue weighted by atomic mass is 32.2. The summed E-state index contributed by atoms with van der Waals surface area (Å²) in [7, 11) is -8.94. The third-order valence-corrected chi connectivity index (χ3v) is 11.0. The third kappa shape index (κ3) is 4.52. The molecule has 4 atom stereocenters. The van der Waals surface area contributed by atoms with Crippen molar-refractivity contribution in [2.75, 3.05) is 21.3 Å². The van der Waals surface area contributed by atoms with Crippen LogP contribution in [0.15, 0.2) is 118 Å². The zero-order valence-corrected chi connectivity index (χ0v) is 26.4. The highest BCUT2D eigenvalue weighted by Crippen LogP contribution is 2.41. The van der Waals surface area contributed by atoms with Gasteiger partial charge in [0.05, 0.1) is 9.81 Å². The first-order valence-corrected chi connectivity index (χ1v) is 17.9. The van der Waals surface area contributed by atoms with Crippen molar-refractivity contribution in [3.05, 3.63) is 118 Å². The minimum Gasteiger partial charge on any atom is -0.351 e. The second-order valence-electron chi connectivity index (χ2n) is 12.1. The van der Waals surface area contributed by atoms with Crippen molar-refractivity contribution in [3.8, 4) is 0 Å². The zero-order valence-electron chi connectivity index (χ0n) is 24.7. The molecular formula is C32H28N8O6S2. The quantitative estimate of drug-likeness (QED) is 0.135. The molecule has 5 aliphatic rings. The predicted octanol–water partition coefficient (Wildman–Crippen LogP) is 4.21. The number of fused-ring (bicyclic) bond motifs is 18. The molecule has 8 bridgehead atoms. The number of hydrogen-bond donors (Lipinski definition) is 10. The molecule has 0 fully saturated rings. The molecule has 0 radical (unpaired) electrons. The van der Waals surface area contributed by atoms with E-state index in [0.29, 0.717) is 46.1 Å². The number of benzene rings is 2. The minimum absolute atomic E-state index is 0.221. The average Bonchev–Trinajstić information content (AvgIpc) is 3.79. The van der Waals surface area contributed by atoms with Gasteiger partial charge < -0.3 is 41.9 Å². The third-order valence-electron chi connectivity index (χ3n) is 9.27. The summed E-state index contributed by atoms with van der Waals surface area (Å²) in [6, 6.07) is 15.5. The number of anilines is 4. The molecule has 0 amide bonds. The smallest absolute Gasteiger partial charge is 0.294 e. The first kappa shape index (κ1) is 28.8. The summed E-state index contributed by atoms with van der Waals surface area (Å²) in [5.41, 5.74) is 1.25. The molecular weight excluding hydrogens is 657 g/mol. The van der Waals surface area contributed by atoms with Crippen LogP contribution in [0.5, 0.6) is 0 Å². The standard InChI is InChI=1S/C32H28N8O6S2/c41-47(42,43)15-9-11-21-23(13-15)31-37-27-19-7-3-4-8-20(19)28(34-27)38-32-24-14-16(48(44,45)46)10-12-22(24)30(40-32)36-26-18-6-2-1-5-17(18)25(33-26)35-29(21)39-31/h1-14,21-22,29-30,33-40H,(H,41,42,43)(H,44,45,46). The van der Waals surface area contributed by atoms with Gasteiger partial charge in [0.25, 0.3) is 20.2 Å². The fourth-order valence-electron chi connectivity index (χ4n) is 7.05. The summed E-state index contributed by atoms with van der Waals surface area (Å²) in [6.45, 7) is 0. The Morgan fingerprint density at radius 2 is 0.896 bits per heavy atom. The van der Waals surface area contributed by atoms with Crippen LogP contribution in [0.3, 0.4) is 0 Å². The number of H-pyrrole nitrogens is 2. The predicted molar refractivity (Wildman–Crippen MR) is 184 cm³/mol. The highest BCUT2D eigenvalue weighted by molar-refractivity contribution is 7.90. The van der Waals surface area contributed by atoms with Gasteiger partial charge in [-0.1, -0.05) is 60.7 Å². The van der Waals surface area contributed by atoms with Crippen LogP contribution >= 0.6 is 0 Å². The number of aromatic nitrogens is 2. The molecule has 9 rings (SSSR count). The molecule has 5 heterocycles. The molecule has 10 N–H and O–H groups in total. The lowest BCUT2D eigenvalue weighted by molar-refractivity contribution is 0.489. The molecule has 3 aliphatic heterocycles. The van der Waals surface area contributed by atoms with Gasteiger partial charge >= 0.3 is 0 Å². The lowest BCUT2D eigenvalue weighted by Gasteiger charge is -2.23. The fraction of sp³-hybridized carbons (Fsp3) is 0.125. The molecule has 0 saturated carbocycles. The summed E-state index contributed by atoms with van der Waals surface area (Å²) < 4.78 is 68.4. The van der Waals surface area contributed by atoms with E-state index in [2.05, 4.69) is 41.9 Å². The Morgan fingerprint density at radius 1 is 0.521 bits per heavy atom. The van der Waals surface area contributed by atoms with Crippen LogP contribution < -0.4 is 31.9 Å². The number of allylic oxidation sites excluding steroid dienone is 4. The van der Waals surface area contributed by atoms with E-state index < -0.39 is 32.6 Å². The summed E-state index contributed by atoms with van der Waals surface area (Å²) in [5, 5.41) is 24.4. The van der Waals surface area contributed by atoms with Crippen molar-refractivity contribution in [3.63, 3.8) is 0 Å². The number of aromatic amines is 2. The summed E-state index contributed by atoms with van der Waals surface area (Å²) in [5.74, 6) is 3.06. The van der Waals surface area contributed by atoms with Gasteiger partial charge in [-0.25, -0.2) is 0 Å². The Balaban J connectivity index is 1.24. The van der Waals surface area contributed by atoms with Crippen molar-refractivity contribution >= 4 is 65.1 Å². The Hall–Kier alpha value is -5.42. The number of rotatable bonds is 2. The van der Waals surface area contributed by atoms with E-state index in [1.807, 2.05) is 48.5 Å². The van der Waals surface area contributed by atoms with Crippen LogP contribution in [0.1, 0.15) is 0 Å². The maximum atomic E-state index is 12.2. The fourth-order valence-corrected chi connectivity index (χ4v) is 8.10. The minimum atomic E-state index is -4.47. The van der Waals surface area contributed by atoms with Crippen LogP contribution in [-0.4, -0.2) is 48.2 Å². The van der Waals surface area contributed by atoms with E-state index in [9.17, 15) is 25.9 Å². The normalized spacial score (nSPS) is 24.5. The molecule has 16 heteroatoms. The van der Waals surface area contributed by atoms with Gasteiger partial charge in [0, 0.05) is 44.5 Å². The van der Waals surface area contributed by atoms with Gasteiger partial charge in [-0.05, 0) is 24.3 Å². The topological polar surface area (TPSA) is 212 Å². The summed E-state index contributed by atoms with van der Waals surface area (Å²) >= 11 is 0. The molecule has 4 unspecified atom stereocenters. The molecule has 48 heavy (non-hydrogen) atoms.